The molecular weight excluding hydrogens is 264 g/mol. The molecule has 1 aliphatic heterocycles. The van der Waals surface area contributed by atoms with Crippen LogP contribution in [0.15, 0.2) is 23.4 Å². The third kappa shape index (κ3) is 3.23. The van der Waals surface area contributed by atoms with Crippen LogP contribution in [0.5, 0.6) is 0 Å². The van der Waals surface area contributed by atoms with Crippen LogP contribution in [0.4, 0.5) is 5.69 Å². The Hall–Kier alpha value is -1.18. The van der Waals surface area contributed by atoms with Crippen LogP contribution >= 0.6 is 0 Å². The van der Waals surface area contributed by atoms with Crippen molar-refractivity contribution in [3.63, 3.8) is 0 Å². The summed E-state index contributed by atoms with van der Waals surface area (Å²) in [4.78, 5) is 4.05. The molecule has 2 rings (SSSR count). The van der Waals surface area contributed by atoms with Crippen LogP contribution in [-0.2, 0) is 10.0 Å². The van der Waals surface area contributed by atoms with Crippen LogP contribution in [0.3, 0.4) is 0 Å². The molecule has 1 fully saturated rings. The summed E-state index contributed by atoms with van der Waals surface area (Å²) in [6, 6.07) is 1.57. The summed E-state index contributed by atoms with van der Waals surface area (Å²) >= 11 is 0. The number of hydrogen-bond donors (Lipinski definition) is 2. The largest absolute Gasteiger partial charge is 0.323 e. The standard InChI is InChI=1S/C12H20N4O2S/c13-15-11-6-7-14-10-12(11)19(17,18)16-8-4-2-1-3-5-9-16/h6-7,10H,1-5,8-9,13H2,(H,14,15). The van der Waals surface area contributed by atoms with Gasteiger partial charge in [-0.1, -0.05) is 19.3 Å². The Morgan fingerprint density at radius 1 is 1.16 bits per heavy atom. The van der Waals surface area contributed by atoms with E-state index in [1.807, 2.05) is 0 Å². The first kappa shape index (κ1) is 14.2. The van der Waals surface area contributed by atoms with Crippen LogP contribution in [0, 0.1) is 0 Å². The van der Waals surface area contributed by atoms with E-state index in [1.54, 1.807) is 10.4 Å². The molecule has 1 aromatic rings. The number of nitrogens with one attached hydrogen (secondary N) is 1. The summed E-state index contributed by atoms with van der Waals surface area (Å²) in [5, 5.41) is 0. The Labute approximate surface area is 114 Å². The van der Waals surface area contributed by atoms with Gasteiger partial charge in [-0.25, -0.2) is 8.42 Å². The van der Waals surface area contributed by atoms with Gasteiger partial charge >= 0.3 is 0 Å². The lowest BCUT2D eigenvalue weighted by Gasteiger charge is -2.24. The number of nitrogens with zero attached hydrogens (tertiary/aromatic N) is 2. The van der Waals surface area contributed by atoms with Gasteiger partial charge in [-0.05, 0) is 18.9 Å². The first-order chi connectivity index (χ1) is 9.16. The van der Waals surface area contributed by atoms with Gasteiger partial charge in [0.05, 0.1) is 5.69 Å². The van der Waals surface area contributed by atoms with E-state index in [1.165, 1.54) is 18.8 Å². The average Bonchev–Trinajstić information content (AvgIpc) is 2.37. The van der Waals surface area contributed by atoms with E-state index in [9.17, 15) is 8.42 Å². The van der Waals surface area contributed by atoms with E-state index in [2.05, 4.69) is 10.4 Å². The zero-order chi connectivity index (χ0) is 13.7. The number of hydrazine groups is 1. The Morgan fingerprint density at radius 3 is 2.42 bits per heavy atom. The normalized spacial score (nSPS) is 18.6. The molecule has 106 valence electrons. The molecule has 3 N–H and O–H groups in total. The molecule has 7 heteroatoms. The van der Waals surface area contributed by atoms with Gasteiger partial charge in [0.15, 0.2) is 0 Å². The van der Waals surface area contributed by atoms with Crippen molar-refractivity contribution in [1.82, 2.24) is 9.29 Å². The number of nitrogen functional groups attached to an aromatic ring is 1. The van der Waals surface area contributed by atoms with E-state index >= 15 is 0 Å². The van der Waals surface area contributed by atoms with Gasteiger partial charge in [0.1, 0.15) is 4.90 Å². The third-order valence-corrected chi connectivity index (χ3v) is 5.30. The van der Waals surface area contributed by atoms with Crippen LogP contribution < -0.4 is 11.3 Å². The van der Waals surface area contributed by atoms with Crippen molar-refractivity contribution in [3.8, 4) is 0 Å². The Balaban J connectivity index is 2.29. The topological polar surface area (TPSA) is 88.3 Å². The first-order valence-corrected chi connectivity index (χ1v) is 8.01. The predicted octanol–water partition coefficient (Wildman–Crippen LogP) is 1.32. The lowest BCUT2D eigenvalue weighted by atomic mass is 10.1. The van der Waals surface area contributed by atoms with Gasteiger partial charge in [0, 0.05) is 25.5 Å². The molecule has 0 atom stereocenters. The molecule has 1 aromatic heterocycles. The molecule has 1 aliphatic rings. The Kier molecular flexibility index (Phi) is 4.73. The SMILES string of the molecule is NNc1ccncc1S(=O)(=O)N1CCCCCCC1. The number of aromatic nitrogens is 1. The second-order valence-electron chi connectivity index (χ2n) is 4.69. The van der Waals surface area contributed by atoms with E-state index in [0.29, 0.717) is 18.8 Å². The average molecular weight is 284 g/mol. The molecule has 0 radical (unpaired) electrons. The minimum atomic E-state index is -3.52. The van der Waals surface area contributed by atoms with Gasteiger partial charge in [-0.15, -0.1) is 0 Å². The summed E-state index contributed by atoms with van der Waals surface area (Å²) < 4.78 is 26.8. The molecule has 0 aliphatic carbocycles. The molecule has 1 saturated heterocycles. The molecule has 0 saturated carbocycles. The Morgan fingerprint density at radius 2 is 1.79 bits per heavy atom. The summed E-state index contributed by atoms with van der Waals surface area (Å²) in [6.45, 7) is 1.14. The maximum Gasteiger partial charge on any atom is 0.246 e. The van der Waals surface area contributed by atoms with E-state index in [0.717, 1.165) is 25.7 Å². The number of pyridine rings is 1. The van der Waals surface area contributed by atoms with Crippen LogP contribution in [-0.4, -0.2) is 30.8 Å². The van der Waals surface area contributed by atoms with Gasteiger partial charge in [-0.2, -0.15) is 4.31 Å². The smallest absolute Gasteiger partial charge is 0.246 e. The van der Waals surface area contributed by atoms with Crippen molar-refractivity contribution in [2.24, 2.45) is 5.84 Å². The van der Waals surface area contributed by atoms with Crippen molar-refractivity contribution in [2.75, 3.05) is 18.5 Å². The second-order valence-corrected chi connectivity index (χ2v) is 6.59. The van der Waals surface area contributed by atoms with Crippen LogP contribution in [0.25, 0.3) is 0 Å². The third-order valence-electron chi connectivity index (χ3n) is 3.37. The van der Waals surface area contributed by atoms with Crippen molar-refractivity contribution in [2.45, 2.75) is 37.0 Å². The van der Waals surface area contributed by atoms with Crippen molar-refractivity contribution >= 4 is 15.7 Å². The minimum absolute atomic E-state index is 0.151. The lowest BCUT2D eigenvalue weighted by molar-refractivity contribution is 0.364. The minimum Gasteiger partial charge on any atom is -0.323 e. The summed E-state index contributed by atoms with van der Waals surface area (Å²) in [5.41, 5.74) is 2.81. The molecule has 0 bridgehead atoms. The second kappa shape index (κ2) is 6.31. The maximum atomic E-state index is 12.6. The van der Waals surface area contributed by atoms with E-state index in [4.69, 9.17) is 5.84 Å². The van der Waals surface area contributed by atoms with Gasteiger partial charge < -0.3 is 5.43 Å². The number of rotatable bonds is 3. The molecular formula is C12H20N4O2S. The fraction of sp³-hybridized carbons (Fsp3) is 0.583. The quantitative estimate of drug-likeness (QED) is 0.645. The van der Waals surface area contributed by atoms with Gasteiger partial charge in [0.25, 0.3) is 0 Å². The fourth-order valence-corrected chi connectivity index (χ4v) is 3.92. The maximum absolute atomic E-state index is 12.6. The predicted molar refractivity (Wildman–Crippen MR) is 73.9 cm³/mol. The highest BCUT2D eigenvalue weighted by molar-refractivity contribution is 7.89. The zero-order valence-corrected chi connectivity index (χ0v) is 11.7. The number of anilines is 1. The van der Waals surface area contributed by atoms with E-state index < -0.39 is 10.0 Å². The molecule has 19 heavy (non-hydrogen) atoms. The highest BCUT2D eigenvalue weighted by Gasteiger charge is 2.27. The number of hydrogen-bond acceptors (Lipinski definition) is 5. The monoisotopic (exact) mass is 284 g/mol. The van der Waals surface area contributed by atoms with Gasteiger partial charge in [-0.3, -0.25) is 10.8 Å². The lowest BCUT2D eigenvalue weighted by Crippen LogP contribution is -2.34. The molecule has 0 amide bonds. The Bertz CT molecular complexity index is 510. The summed E-state index contributed by atoms with van der Waals surface area (Å²) in [5.74, 6) is 5.37. The van der Waals surface area contributed by atoms with Crippen LogP contribution in [0.1, 0.15) is 32.1 Å². The number of sulfonamides is 1. The fourth-order valence-electron chi connectivity index (χ4n) is 2.30. The number of nitrogens with two attached hydrogens (primary N) is 1. The van der Waals surface area contributed by atoms with Crippen molar-refractivity contribution in [1.29, 1.82) is 0 Å². The molecule has 0 spiro atoms. The van der Waals surface area contributed by atoms with Crippen molar-refractivity contribution < 1.29 is 8.42 Å². The molecule has 2 heterocycles. The molecule has 6 nitrogen and oxygen atoms in total. The van der Waals surface area contributed by atoms with Crippen molar-refractivity contribution in [3.05, 3.63) is 18.5 Å². The molecule has 0 unspecified atom stereocenters. The zero-order valence-electron chi connectivity index (χ0n) is 10.9. The van der Waals surface area contributed by atoms with E-state index in [-0.39, 0.29) is 4.90 Å². The van der Waals surface area contributed by atoms with Gasteiger partial charge in [0.2, 0.25) is 10.0 Å². The summed E-state index contributed by atoms with van der Waals surface area (Å²) in [7, 11) is -3.52. The molecule has 0 aromatic carbocycles. The highest BCUT2D eigenvalue weighted by Crippen LogP contribution is 2.24. The highest BCUT2D eigenvalue weighted by atomic mass is 32.2. The summed E-state index contributed by atoms with van der Waals surface area (Å²) in [6.07, 6.45) is 8.04. The first-order valence-electron chi connectivity index (χ1n) is 6.57. The van der Waals surface area contributed by atoms with Crippen LogP contribution in [0.2, 0.25) is 0 Å².